The second-order valence-corrected chi connectivity index (χ2v) is 9.06. The van der Waals surface area contributed by atoms with Gasteiger partial charge >= 0.3 is 6.16 Å². The molecule has 0 N–H and O–H groups in total. The van der Waals surface area contributed by atoms with Crippen LogP contribution in [-0.4, -0.2) is 58.0 Å². The third-order valence-electron chi connectivity index (χ3n) is 6.43. The fourth-order valence-electron chi connectivity index (χ4n) is 4.25. The van der Waals surface area contributed by atoms with Crippen LogP contribution in [0.2, 0.25) is 0 Å². The van der Waals surface area contributed by atoms with Gasteiger partial charge in [-0.05, 0) is 37.5 Å². The molecule has 164 valence electrons. The van der Waals surface area contributed by atoms with Crippen molar-refractivity contribution in [3.8, 4) is 0 Å². The van der Waals surface area contributed by atoms with Gasteiger partial charge in [0, 0.05) is 11.8 Å². The lowest BCUT2D eigenvalue weighted by Gasteiger charge is -2.42. The van der Waals surface area contributed by atoms with Crippen molar-refractivity contribution >= 4 is 0 Å². The Labute approximate surface area is 174 Å². The zero-order valence-corrected chi connectivity index (χ0v) is 17.8. The van der Waals surface area contributed by atoms with Gasteiger partial charge in [0.15, 0.2) is 0 Å². The van der Waals surface area contributed by atoms with Crippen LogP contribution in [0.4, 0.5) is 0 Å². The molecule has 0 radical (unpaired) electrons. The highest BCUT2D eigenvalue weighted by molar-refractivity contribution is 4.95. The minimum Gasteiger partial charge on any atom is -0.377 e. The van der Waals surface area contributed by atoms with Crippen LogP contribution in [0.25, 0.3) is 0 Å². The maximum Gasteiger partial charge on any atom is 0.412 e. The Bertz CT molecular complexity index is 506. The summed E-state index contributed by atoms with van der Waals surface area (Å²) in [6.45, 7) is 7.84. The van der Waals surface area contributed by atoms with Crippen LogP contribution in [0.5, 0.6) is 0 Å². The second kappa shape index (κ2) is 10.0. The summed E-state index contributed by atoms with van der Waals surface area (Å²) in [5.74, 6) is 1.53. The molecule has 4 rings (SSSR count). The number of ether oxygens (including phenoxy) is 6. The minimum atomic E-state index is -1.34. The topological polar surface area (TPSA) is 55.4 Å². The highest BCUT2D eigenvalue weighted by atomic mass is 17.0. The van der Waals surface area contributed by atoms with Gasteiger partial charge in [-0.15, -0.1) is 0 Å². The van der Waals surface area contributed by atoms with Crippen LogP contribution in [0, 0.1) is 23.7 Å². The Balaban J connectivity index is 1.14. The predicted molar refractivity (Wildman–Crippen MR) is 108 cm³/mol. The van der Waals surface area contributed by atoms with Crippen LogP contribution < -0.4 is 0 Å². The predicted octanol–water partition coefficient (Wildman–Crippen LogP) is 3.67. The van der Waals surface area contributed by atoms with Crippen LogP contribution in [0.1, 0.15) is 39.5 Å². The fraction of sp³-hybridized carbons (Fsp3) is 0.826. The standard InChI is InChI=1S/C23H36O6/c1-17-7-3-5-9-21(17)24-11-19-13-26-23(27-14-19)28-15-20(16-29-23)12-25-22-10-6-4-8-18(22)2/h3-6,17-22H,7-16H2,1-2H3. The molecule has 4 atom stereocenters. The molecule has 6 nitrogen and oxygen atoms in total. The van der Waals surface area contributed by atoms with E-state index in [1.165, 1.54) is 0 Å². The molecule has 0 aromatic heterocycles. The summed E-state index contributed by atoms with van der Waals surface area (Å²) in [7, 11) is 0. The number of hydrogen-bond donors (Lipinski definition) is 0. The van der Waals surface area contributed by atoms with Gasteiger partial charge in [0.1, 0.15) is 0 Å². The molecule has 2 aliphatic carbocycles. The Hall–Kier alpha value is -0.760. The summed E-state index contributed by atoms with van der Waals surface area (Å²) < 4.78 is 35.6. The lowest BCUT2D eigenvalue weighted by molar-refractivity contribution is -0.536. The first-order chi connectivity index (χ1) is 14.1. The monoisotopic (exact) mass is 408 g/mol. The molecule has 2 aliphatic heterocycles. The highest BCUT2D eigenvalue weighted by Crippen LogP contribution is 2.31. The smallest absolute Gasteiger partial charge is 0.377 e. The normalized spacial score (nSPS) is 43.0. The van der Waals surface area contributed by atoms with Crippen molar-refractivity contribution in [1.82, 2.24) is 0 Å². The maximum atomic E-state index is 6.11. The Kier molecular flexibility index (Phi) is 7.43. The van der Waals surface area contributed by atoms with Gasteiger partial charge in [-0.2, -0.15) is 0 Å². The van der Waals surface area contributed by atoms with Crippen molar-refractivity contribution in [3.05, 3.63) is 24.3 Å². The van der Waals surface area contributed by atoms with E-state index in [0.29, 0.717) is 63.7 Å². The average molecular weight is 409 g/mol. The third kappa shape index (κ3) is 5.69. The summed E-state index contributed by atoms with van der Waals surface area (Å²) in [6, 6.07) is 0. The molecule has 0 aromatic rings. The summed E-state index contributed by atoms with van der Waals surface area (Å²) in [5.41, 5.74) is 0. The SMILES string of the molecule is CC1CC=CCC1OCC1COC2(OC1)OCC(COC1CC=CCC1C)CO2. The summed E-state index contributed by atoms with van der Waals surface area (Å²) in [6.07, 6.45) is 12.3. The molecule has 2 heterocycles. The van der Waals surface area contributed by atoms with E-state index in [1.54, 1.807) is 0 Å². The molecule has 0 saturated carbocycles. The summed E-state index contributed by atoms with van der Waals surface area (Å²) in [4.78, 5) is 0. The van der Waals surface area contributed by atoms with Gasteiger partial charge in [0.2, 0.25) is 0 Å². The summed E-state index contributed by atoms with van der Waals surface area (Å²) >= 11 is 0. The van der Waals surface area contributed by atoms with Gasteiger partial charge < -0.3 is 28.4 Å². The zero-order chi connectivity index (χ0) is 20.1. The molecule has 2 saturated heterocycles. The highest BCUT2D eigenvalue weighted by Gasteiger charge is 2.45. The Morgan fingerprint density at radius 1 is 0.655 bits per heavy atom. The van der Waals surface area contributed by atoms with Gasteiger partial charge in [-0.25, -0.2) is 0 Å². The molecule has 4 unspecified atom stereocenters. The molecule has 0 bridgehead atoms. The average Bonchev–Trinajstić information content (AvgIpc) is 2.75. The molecule has 29 heavy (non-hydrogen) atoms. The number of hydrogen-bond acceptors (Lipinski definition) is 6. The molecule has 2 fully saturated rings. The Morgan fingerprint density at radius 3 is 1.41 bits per heavy atom. The van der Waals surface area contributed by atoms with Gasteiger partial charge in [0.25, 0.3) is 0 Å². The number of allylic oxidation sites excluding steroid dienone is 2. The molecule has 1 spiro atoms. The molecule has 6 heteroatoms. The molecular formula is C23H36O6. The van der Waals surface area contributed by atoms with Gasteiger partial charge in [-0.3, -0.25) is 0 Å². The van der Waals surface area contributed by atoms with Crippen molar-refractivity contribution in [2.75, 3.05) is 39.6 Å². The van der Waals surface area contributed by atoms with Gasteiger partial charge in [0.05, 0.1) is 51.8 Å². The van der Waals surface area contributed by atoms with E-state index in [0.717, 1.165) is 25.7 Å². The molecule has 0 amide bonds. The van der Waals surface area contributed by atoms with Gasteiger partial charge in [-0.1, -0.05) is 38.2 Å². The van der Waals surface area contributed by atoms with E-state index >= 15 is 0 Å². The third-order valence-corrected chi connectivity index (χ3v) is 6.43. The van der Waals surface area contributed by atoms with Crippen molar-refractivity contribution < 1.29 is 28.4 Å². The molecule has 4 aliphatic rings. The second-order valence-electron chi connectivity index (χ2n) is 9.06. The first-order valence-electron chi connectivity index (χ1n) is 11.2. The lowest BCUT2D eigenvalue weighted by atomic mass is 9.93. The minimum absolute atomic E-state index is 0.202. The van der Waals surface area contributed by atoms with Crippen LogP contribution in [0.3, 0.4) is 0 Å². The quantitative estimate of drug-likeness (QED) is 0.625. The lowest BCUT2D eigenvalue weighted by Crippen LogP contribution is -2.54. The fourth-order valence-corrected chi connectivity index (χ4v) is 4.25. The first-order valence-corrected chi connectivity index (χ1v) is 11.2. The number of rotatable bonds is 6. The molecular weight excluding hydrogens is 372 g/mol. The van der Waals surface area contributed by atoms with Crippen molar-refractivity contribution in [2.24, 2.45) is 23.7 Å². The Morgan fingerprint density at radius 2 is 1.03 bits per heavy atom. The van der Waals surface area contributed by atoms with Crippen LogP contribution in [-0.2, 0) is 28.4 Å². The van der Waals surface area contributed by atoms with Crippen molar-refractivity contribution in [1.29, 1.82) is 0 Å². The van der Waals surface area contributed by atoms with E-state index in [-0.39, 0.29) is 11.8 Å². The van der Waals surface area contributed by atoms with Crippen molar-refractivity contribution in [3.63, 3.8) is 0 Å². The molecule has 0 aromatic carbocycles. The summed E-state index contributed by atoms with van der Waals surface area (Å²) in [5, 5.41) is 0. The maximum absolute atomic E-state index is 6.11. The van der Waals surface area contributed by atoms with E-state index in [4.69, 9.17) is 28.4 Å². The van der Waals surface area contributed by atoms with E-state index in [9.17, 15) is 0 Å². The largest absolute Gasteiger partial charge is 0.412 e. The zero-order valence-electron chi connectivity index (χ0n) is 17.8. The van der Waals surface area contributed by atoms with Crippen molar-refractivity contribution in [2.45, 2.75) is 57.9 Å². The van der Waals surface area contributed by atoms with E-state index in [2.05, 4.69) is 38.2 Å². The van der Waals surface area contributed by atoms with Crippen LogP contribution >= 0.6 is 0 Å². The van der Waals surface area contributed by atoms with E-state index in [1.807, 2.05) is 0 Å². The van der Waals surface area contributed by atoms with Crippen LogP contribution in [0.15, 0.2) is 24.3 Å². The first kappa shape index (κ1) is 21.5. The van der Waals surface area contributed by atoms with E-state index < -0.39 is 6.16 Å².